The third kappa shape index (κ3) is 3.50. The van der Waals surface area contributed by atoms with Crippen LogP contribution >= 0.6 is 0 Å². The van der Waals surface area contributed by atoms with E-state index in [1.807, 2.05) is 6.07 Å². The van der Waals surface area contributed by atoms with E-state index in [-0.39, 0.29) is 0 Å². The zero-order valence-corrected chi connectivity index (χ0v) is 13.5. The van der Waals surface area contributed by atoms with Crippen molar-refractivity contribution in [3.05, 3.63) is 65.7 Å². The summed E-state index contributed by atoms with van der Waals surface area (Å²) in [7, 11) is 1.74. The Morgan fingerprint density at radius 3 is 2.73 bits per heavy atom. The molecule has 0 amide bonds. The molecular weight excluding hydrogens is 270 g/mol. The number of ether oxygens (including phenoxy) is 1. The zero-order chi connectivity index (χ0) is 15.4. The van der Waals surface area contributed by atoms with Gasteiger partial charge in [0.25, 0.3) is 0 Å². The van der Waals surface area contributed by atoms with Crippen molar-refractivity contribution in [1.82, 2.24) is 4.90 Å². The second-order valence-corrected chi connectivity index (χ2v) is 6.33. The van der Waals surface area contributed by atoms with E-state index in [1.165, 1.54) is 30.6 Å². The molecule has 0 N–H and O–H groups in total. The molecule has 22 heavy (non-hydrogen) atoms. The Labute approximate surface area is 133 Å². The molecule has 1 fully saturated rings. The van der Waals surface area contributed by atoms with Crippen LogP contribution in [0.5, 0.6) is 5.75 Å². The quantitative estimate of drug-likeness (QED) is 0.814. The maximum atomic E-state index is 5.36. The van der Waals surface area contributed by atoms with Gasteiger partial charge in [0.2, 0.25) is 0 Å². The second kappa shape index (κ2) is 6.97. The highest BCUT2D eigenvalue weighted by atomic mass is 16.5. The number of rotatable bonds is 5. The number of likely N-dealkylation sites (tertiary alicyclic amines) is 1. The molecule has 1 unspecified atom stereocenters. The minimum Gasteiger partial charge on any atom is -0.497 e. The average molecular weight is 295 g/mol. The van der Waals surface area contributed by atoms with Crippen molar-refractivity contribution in [2.24, 2.45) is 5.92 Å². The highest BCUT2D eigenvalue weighted by Gasteiger charge is 2.27. The summed E-state index contributed by atoms with van der Waals surface area (Å²) in [5.41, 5.74) is 2.81. The highest BCUT2D eigenvalue weighted by Crippen LogP contribution is 2.33. The van der Waals surface area contributed by atoms with Crippen LogP contribution in [0.1, 0.15) is 30.4 Å². The molecule has 1 heterocycles. The summed E-state index contributed by atoms with van der Waals surface area (Å²) in [4.78, 5) is 2.58. The Morgan fingerprint density at radius 1 is 1.14 bits per heavy atom. The van der Waals surface area contributed by atoms with E-state index in [1.54, 1.807) is 7.11 Å². The first-order valence-corrected chi connectivity index (χ1v) is 8.16. The van der Waals surface area contributed by atoms with Gasteiger partial charge in [0, 0.05) is 13.1 Å². The van der Waals surface area contributed by atoms with E-state index in [0.29, 0.717) is 5.92 Å². The summed E-state index contributed by atoms with van der Waals surface area (Å²) >= 11 is 0. The van der Waals surface area contributed by atoms with E-state index >= 15 is 0 Å². The van der Waals surface area contributed by atoms with Crippen LogP contribution in [0.4, 0.5) is 0 Å². The molecule has 0 radical (unpaired) electrons. The molecule has 0 bridgehead atoms. The number of nitrogens with zero attached hydrogens (tertiary/aromatic N) is 1. The van der Waals surface area contributed by atoms with Crippen molar-refractivity contribution >= 4 is 0 Å². The highest BCUT2D eigenvalue weighted by molar-refractivity contribution is 5.31. The van der Waals surface area contributed by atoms with Crippen molar-refractivity contribution in [2.45, 2.75) is 25.8 Å². The first-order valence-electron chi connectivity index (χ1n) is 8.16. The molecule has 0 aromatic heterocycles. The summed E-state index contributed by atoms with van der Waals surface area (Å²) in [6, 6.07) is 19.3. The Kier molecular flexibility index (Phi) is 4.79. The number of hydrogen-bond donors (Lipinski definition) is 0. The predicted octanol–water partition coefficient (Wildman–Crippen LogP) is 4.32. The van der Waals surface area contributed by atoms with E-state index in [0.717, 1.165) is 18.2 Å². The van der Waals surface area contributed by atoms with Gasteiger partial charge in [-0.05, 0) is 48.1 Å². The van der Waals surface area contributed by atoms with Gasteiger partial charge in [0.1, 0.15) is 5.75 Å². The molecule has 116 valence electrons. The summed E-state index contributed by atoms with van der Waals surface area (Å²) in [5, 5.41) is 0. The molecular formula is C20H25NO. The van der Waals surface area contributed by atoms with Crippen LogP contribution < -0.4 is 4.74 Å². The second-order valence-electron chi connectivity index (χ2n) is 6.33. The lowest BCUT2D eigenvalue weighted by molar-refractivity contribution is 0.308. The topological polar surface area (TPSA) is 12.5 Å². The molecule has 2 aromatic rings. The first-order chi connectivity index (χ1) is 10.8. The molecule has 2 aromatic carbocycles. The number of benzene rings is 2. The molecule has 3 rings (SSSR count). The van der Waals surface area contributed by atoms with Crippen LogP contribution in [-0.4, -0.2) is 25.1 Å². The van der Waals surface area contributed by atoms with Crippen LogP contribution in [0.25, 0.3) is 0 Å². The lowest BCUT2D eigenvalue weighted by Crippen LogP contribution is -2.21. The number of methoxy groups -OCH3 is 1. The maximum Gasteiger partial charge on any atom is 0.119 e. The molecule has 2 heteroatoms. The van der Waals surface area contributed by atoms with Crippen LogP contribution in [0.2, 0.25) is 0 Å². The van der Waals surface area contributed by atoms with E-state index in [9.17, 15) is 0 Å². The summed E-state index contributed by atoms with van der Waals surface area (Å²) in [5.74, 6) is 2.27. The molecule has 0 spiro atoms. The summed E-state index contributed by atoms with van der Waals surface area (Å²) in [6.45, 7) is 5.81. The Balaban J connectivity index is 1.62. The van der Waals surface area contributed by atoms with Gasteiger partial charge in [-0.3, -0.25) is 4.90 Å². The van der Waals surface area contributed by atoms with Crippen molar-refractivity contribution in [2.75, 3.05) is 20.2 Å². The summed E-state index contributed by atoms with van der Waals surface area (Å²) in [6.07, 6.45) is 1.28. The van der Waals surface area contributed by atoms with Crippen LogP contribution in [0.15, 0.2) is 54.6 Å². The standard InChI is InChI=1S/C20H25NO/c1-16(18-9-6-10-20(13-18)22-2)19-11-12-21(15-19)14-17-7-4-3-5-8-17/h3-10,13,16,19H,11-12,14-15H2,1-2H3/t16?,19-/m0/s1. The molecule has 0 aliphatic carbocycles. The van der Waals surface area contributed by atoms with Crippen LogP contribution in [0.3, 0.4) is 0 Å². The Bertz CT molecular complexity index is 596. The zero-order valence-electron chi connectivity index (χ0n) is 13.5. The van der Waals surface area contributed by atoms with Gasteiger partial charge >= 0.3 is 0 Å². The Hall–Kier alpha value is -1.80. The van der Waals surface area contributed by atoms with E-state index in [4.69, 9.17) is 4.74 Å². The fourth-order valence-electron chi connectivity index (χ4n) is 3.45. The normalized spacial score (nSPS) is 20.0. The lowest BCUT2D eigenvalue weighted by atomic mass is 9.87. The van der Waals surface area contributed by atoms with Gasteiger partial charge in [-0.25, -0.2) is 0 Å². The van der Waals surface area contributed by atoms with Gasteiger partial charge in [0.05, 0.1) is 7.11 Å². The minimum atomic E-state index is 0.580. The van der Waals surface area contributed by atoms with Gasteiger partial charge in [-0.2, -0.15) is 0 Å². The lowest BCUT2D eigenvalue weighted by Gasteiger charge is -2.21. The van der Waals surface area contributed by atoms with Gasteiger partial charge in [0.15, 0.2) is 0 Å². The maximum absolute atomic E-state index is 5.36. The van der Waals surface area contributed by atoms with Crippen LogP contribution in [-0.2, 0) is 6.54 Å². The predicted molar refractivity (Wildman–Crippen MR) is 91.2 cm³/mol. The fourth-order valence-corrected chi connectivity index (χ4v) is 3.45. The molecule has 2 atom stereocenters. The van der Waals surface area contributed by atoms with Crippen LogP contribution in [0, 0.1) is 5.92 Å². The van der Waals surface area contributed by atoms with Gasteiger partial charge < -0.3 is 4.74 Å². The largest absolute Gasteiger partial charge is 0.497 e. The van der Waals surface area contributed by atoms with Gasteiger partial charge in [-0.1, -0.05) is 49.4 Å². The monoisotopic (exact) mass is 295 g/mol. The minimum absolute atomic E-state index is 0.580. The third-order valence-corrected chi connectivity index (χ3v) is 4.88. The molecule has 1 aliphatic rings. The third-order valence-electron chi connectivity index (χ3n) is 4.88. The van der Waals surface area contributed by atoms with Crippen molar-refractivity contribution < 1.29 is 4.74 Å². The fraction of sp³-hybridized carbons (Fsp3) is 0.400. The first kappa shape index (κ1) is 15.1. The molecule has 1 saturated heterocycles. The van der Waals surface area contributed by atoms with E-state index in [2.05, 4.69) is 60.4 Å². The molecule has 1 aliphatic heterocycles. The van der Waals surface area contributed by atoms with Crippen molar-refractivity contribution in [3.8, 4) is 5.75 Å². The summed E-state index contributed by atoms with van der Waals surface area (Å²) < 4.78 is 5.36. The molecule has 0 saturated carbocycles. The molecule has 2 nitrogen and oxygen atoms in total. The van der Waals surface area contributed by atoms with Crippen molar-refractivity contribution in [3.63, 3.8) is 0 Å². The van der Waals surface area contributed by atoms with Crippen molar-refractivity contribution in [1.29, 1.82) is 0 Å². The van der Waals surface area contributed by atoms with Gasteiger partial charge in [-0.15, -0.1) is 0 Å². The smallest absolute Gasteiger partial charge is 0.119 e. The Morgan fingerprint density at radius 2 is 1.95 bits per heavy atom. The average Bonchev–Trinajstić information content (AvgIpc) is 3.03. The van der Waals surface area contributed by atoms with E-state index < -0.39 is 0 Å². The number of hydrogen-bond acceptors (Lipinski definition) is 2. The SMILES string of the molecule is COc1cccc(C(C)[C@H]2CCN(Cc3ccccc3)C2)c1.